The van der Waals surface area contributed by atoms with Crippen molar-refractivity contribution in [1.82, 2.24) is 5.32 Å². The first kappa shape index (κ1) is 9.79. The number of hydrogen-bond acceptors (Lipinski definition) is 1. The van der Waals surface area contributed by atoms with Gasteiger partial charge in [0.2, 0.25) is 0 Å². The number of benzene rings is 2. The van der Waals surface area contributed by atoms with E-state index in [0.717, 1.165) is 23.3 Å². The maximum absolute atomic E-state index is 6.02. The van der Waals surface area contributed by atoms with Crippen molar-refractivity contribution < 1.29 is 0 Å². The standard InChI is InChI=1S/C13H12ClN2/c14-6-8-7-16-12-5-11(15)9-3-1-2-4-10(9)13(8)12/h1-5,8H,6-7,15H2. The molecular weight excluding hydrogens is 220 g/mol. The van der Waals surface area contributed by atoms with Crippen LogP contribution in [0, 0.1) is 0 Å². The number of hydrogen-bond donors (Lipinski definition) is 1. The molecule has 2 nitrogen and oxygen atoms in total. The van der Waals surface area contributed by atoms with Gasteiger partial charge in [-0.3, -0.25) is 5.32 Å². The Morgan fingerprint density at radius 2 is 2.06 bits per heavy atom. The predicted molar refractivity (Wildman–Crippen MR) is 68.5 cm³/mol. The van der Waals surface area contributed by atoms with Crippen LogP contribution in [0.2, 0.25) is 0 Å². The first-order valence-corrected chi connectivity index (χ1v) is 5.89. The molecule has 2 N–H and O–H groups in total. The largest absolute Gasteiger partial charge is 0.398 e. The summed E-state index contributed by atoms with van der Waals surface area (Å²) in [6.07, 6.45) is 0. The molecule has 0 aromatic heterocycles. The molecule has 3 heteroatoms. The van der Waals surface area contributed by atoms with Gasteiger partial charge < -0.3 is 5.73 Å². The van der Waals surface area contributed by atoms with Crippen LogP contribution in [0.3, 0.4) is 0 Å². The molecule has 0 aliphatic carbocycles. The van der Waals surface area contributed by atoms with E-state index < -0.39 is 0 Å². The molecule has 1 aliphatic rings. The second kappa shape index (κ2) is 3.56. The lowest BCUT2D eigenvalue weighted by Crippen LogP contribution is -2.02. The molecule has 0 amide bonds. The summed E-state index contributed by atoms with van der Waals surface area (Å²) in [4.78, 5) is 0. The van der Waals surface area contributed by atoms with Gasteiger partial charge in [-0.1, -0.05) is 24.3 Å². The summed E-state index contributed by atoms with van der Waals surface area (Å²) in [6.45, 7) is 0.784. The Morgan fingerprint density at radius 1 is 1.31 bits per heavy atom. The minimum atomic E-state index is 0.335. The molecule has 3 rings (SSSR count). The molecule has 1 unspecified atom stereocenters. The van der Waals surface area contributed by atoms with E-state index in [0.29, 0.717) is 11.8 Å². The lowest BCUT2D eigenvalue weighted by atomic mass is 9.95. The molecule has 81 valence electrons. The van der Waals surface area contributed by atoms with Crippen LogP contribution >= 0.6 is 11.6 Å². The number of fused-ring (bicyclic) bond motifs is 3. The van der Waals surface area contributed by atoms with E-state index in [2.05, 4.69) is 17.4 Å². The fraction of sp³-hybridized carbons (Fsp3) is 0.231. The van der Waals surface area contributed by atoms with E-state index in [4.69, 9.17) is 17.3 Å². The Bertz CT molecular complexity index is 551. The van der Waals surface area contributed by atoms with Crippen LogP contribution in [0.25, 0.3) is 10.8 Å². The normalized spacial score (nSPS) is 18.4. The fourth-order valence-corrected chi connectivity index (χ4v) is 2.65. The van der Waals surface area contributed by atoms with Gasteiger partial charge in [-0.2, -0.15) is 0 Å². The molecule has 1 aliphatic heterocycles. The van der Waals surface area contributed by atoms with Crippen molar-refractivity contribution in [3.05, 3.63) is 35.9 Å². The second-order valence-corrected chi connectivity index (χ2v) is 4.44. The molecule has 1 heterocycles. The minimum absolute atomic E-state index is 0.335. The third-order valence-electron chi connectivity index (χ3n) is 3.17. The highest BCUT2D eigenvalue weighted by Gasteiger charge is 2.25. The maximum Gasteiger partial charge on any atom is 0.0637 e. The Balaban J connectivity index is 2.37. The van der Waals surface area contributed by atoms with Crippen molar-refractivity contribution in [3.63, 3.8) is 0 Å². The number of rotatable bonds is 1. The Labute approximate surface area is 99.4 Å². The number of nitrogens with two attached hydrogens (primary N) is 1. The van der Waals surface area contributed by atoms with Crippen LogP contribution in [0.5, 0.6) is 0 Å². The molecule has 0 fully saturated rings. The summed E-state index contributed by atoms with van der Waals surface area (Å²) in [6, 6.07) is 10.2. The lowest BCUT2D eigenvalue weighted by Gasteiger charge is -2.11. The maximum atomic E-state index is 6.02. The molecule has 0 spiro atoms. The van der Waals surface area contributed by atoms with Gasteiger partial charge >= 0.3 is 0 Å². The highest BCUT2D eigenvalue weighted by atomic mass is 35.5. The molecule has 2 aromatic rings. The molecule has 16 heavy (non-hydrogen) atoms. The highest BCUT2D eigenvalue weighted by molar-refractivity contribution is 6.18. The van der Waals surface area contributed by atoms with Gasteiger partial charge in [0.15, 0.2) is 0 Å². The number of alkyl halides is 1. The van der Waals surface area contributed by atoms with E-state index in [-0.39, 0.29) is 0 Å². The van der Waals surface area contributed by atoms with E-state index >= 15 is 0 Å². The smallest absolute Gasteiger partial charge is 0.0637 e. The molecule has 2 aromatic carbocycles. The molecule has 1 atom stereocenters. The van der Waals surface area contributed by atoms with Crippen molar-refractivity contribution in [2.75, 3.05) is 18.2 Å². The number of anilines is 1. The number of nitrogen functional groups attached to an aromatic ring is 1. The van der Waals surface area contributed by atoms with Crippen LogP contribution < -0.4 is 11.1 Å². The molecule has 0 saturated carbocycles. The summed E-state index contributed by atoms with van der Waals surface area (Å²) in [5, 5.41) is 6.80. The van der Waals surface area contributed by atoms with Crippen molar-refractivity contribution in [2.24, 2.45) is 0 Å². The van der Waals surface area contributed by atoms with Crippen LogP contribution in [-0.4, -0.2) is 12.4 Å². The fourth-order valence-electron chi connectivity index (χ4n) is 2.40. The third-order valence-corrected chi connectivity index (χ3v) is 3.55. The summed E-state index contributed by atoms with van der Waals surface area (Å²) in [7, 11) is 0. The zero-order chi connectivity index (χ0) is 11.1. The Kier molecular flexibility index (Phi) is 2.18. The van der Waals surface area contributed by atoms with Gasteiger partial charge in [-0.15, -0.1) is 11.6 Å². The molecule has 0 saturated heterocycles. The Morgan fingerprint density at radius 3 is 2.81 bits per heavy atom. The Hall–Kier alpha value is -1.41. The topological polar surface area (TPSA) is 40.1 Å². The van der Waals surface area contributed by atoms with Crippen LogP contribution in [-0.2, 0) is 0 Å². The van der Waals surface area contributed by atoms with E-state index in [1.165, 1.54) is 10.9 Å². The quantitative estimate of drug-likeness (QED) is 0.595. The minimum Gasteiger partial charge on any atom is -0.398 e. The summed E-state index contributed by atoms with van der Waals surface area (Å²) >= 11 is 5.98. The van der Waals surface area contributed by atoms with Gasteiger partial charge in [0.25, 0.3) is 0 Å². The van der Waals surface area contributed by atoms with Gasteiger partial charge in [0, 0.05) is 29.4 Å². The highest BCUT2D eigenvalue weighted by Crippen LogP contribution is 2.40. The van der Waals surface area contributed by atoms with Crippen molar-refractivity contribution in [3.8, 4) is 0 Å². The SMILES string of the molecule is Nc1cc2c(c3ccccc13)C(CCl)C[N]2. The lowest BCUT2D eigenvalue weighted by molar-refractivity contribution is 0.775. The first-order chi connectivity index (χ1) is 7.81. The van der Waals surface area contributed by atoms with E-state index in [1.54, 1.807) is 0 Å². The number of nitrogens with zero attached hydrogens (tertiary/aromatic N) is 1. The third kappa shape index (κ3) is 1.26. The first-order valence-electron chi connectivity index (χ1n) is 5.36. The van der Waals surface area contributed by atoms with Crippen LogP contribution in [0.4, 0.5) is 11.4 Å². The summed E-state index contributed by atoms with van der Waals surface area (Å²) < 4.78 is 0. The molecular formula is C13H12ClN2. The van der Waals surface area contributed by atoms with Gasteiger partial charge in [0.05, 0.1) is 5.69 Å². The van der Waals surface area contributed by atoms with E-state index in [9.17, 15) is 0 Å². The van der Waals surface area contributed by atoms with Crippen LogP contribution in [0.15, 0.2) is 30.3 Å². The second-order valence-electron chi connectivity index (χ2n) is 4.14. The van der Waals surface area contributed by atoms with Gasteiger partial charge in [-0.25, -0.2) is 0 Å². The van der Waals surface area contributed by atoms with Crippen molar-refractivity contribution in [1.29, 1.82) is 0 Å². The van der Waals surface area contributed by atoms with E-state index in [1.807, 2.05) is 18.2 Å². The zero-order valence-corrected chi connectivity index (χ0v) is 9.54. The average molecular weight is 232 g/mol. The molecule has 0 bridgehead atoms. The summed E-state index contributed by atoms with van der Waals surface area (Å²) in [5.74, 6) is 0.951. The predicted octanol–water partition coefficient (Wildman–Crippen LogP) is 2.99. The summed E-state index contributed by atoms with van der Waals surface area (Å²) in [5.41, 5.74) is 9.10. The van der Waals surface area contributed by atoms with Gasteiger partial charge in [-0.05, 0) is 17.0 Å². The van der Waals surface area contributed by atoms with Crippen molar-refractivity contribution >= 4 is 33.7 Å². The zero-order valence-electron chi connectivity index (χ0n) is 8.78. The molecule has 1 radical (unpaired) electrons. The van der Waals surface area contributed by atoms with Crippen LogP contribution in [0.1, 0.15) is 11.5 Å². The number of halogens is 1. The van der Waals surface area contributed by atoms with Crippen molar-refractivity contribution in [2.45, 2.75) is 5.92 Å². The average Bonchev–Trinajstić information content (AvgIpc) is 2.72. The monoisotopic (exact) mass is 231 g/mol. The van der Waals surface area contributed by atoms with Gasteiger partial charge in [0.1, 0.15) is 0 Å².